The van der Waals surface area contributed by atoms with Gasteiger partial charge in [0.1, 0.15) is 17.4 Å². The zero-order valence-electron chi connectivity index (χ0n) is 17.3. The molecule has 2 rings (SSSR count). The summed E-state index contributed by atoms with van der Waals surface area (Å²) in [6.07, 6.45) is 2.38. The Bertz CT molecular complexity index is 933. The maximum absolute atomic E-state index is 12.6. The van der Waals surface area contributed by atoms with E-state index in [9.17, 15) is 10.1 Å². The summed E-state index contributed by atoms with van der Waals surface area (Å²) in [6.45, 7) is 7.39. The molecule has 0 aliphatic rings. The van der Waals surface area contributed by atoms with Gasteiger partial charge in [-0.25, -0.2) is 0 Å². The number of carbonyl (C=O) groups is 1. The van der Waals surface area contributed by atoms with E-state index in [-0.39, 0.29) is 5.57 Å². The Balaban J connectivity index is 2.25. The van der Waals surface area contributed by atoms with Crippen LogP contribution >= 0.6 is 15.9 Å². The van der Waals surface area contributed by atoms with Gasteiger partial charge in [0.2, 0.25) is 0 Å². The number of hydrogen-bond acceptors (Lipinski definition) is 5. The van der Waals surface area contributed by atoms with Gasteiger partial charge in [-0.2, -0.15) is 5.26 Å². The fraction of sp³-hybridized carbons (Fsp3) is 0.304. The lowest BCUT2D eigenvalue weighted by molar-refractivity contribution is -0.112. The van der Waals surface area contributed by atoms with Crippen LogP contribution in [0.2, 0.25) is 0 Å². The first-order chi connectivity index (χ1) is 14.5. The molecule has 0 saturated carbocycles. The highest BCUT2D eigenvalue weighted by Crippen LogP contribution is 2.37. The average molecular weight is 473 g/mol. The molecular formula is C23H25BrN2O4. The van der Waals surface area contributed by atoms with Crippen molar-refractivity contribution in [2.75, 3.05) is 25.1 Å². The van der Waals surface area contributed by atoms with Crippen LogP contribution < -0.4 is 19.5 Å². The van der Waals surface area contributed by atoms with Crippen LogP contribution in [0.1, 0.15) is 32.8 Å². The quantitative estimate of drug-likeness (QED) is 0.360. The minimum atomic E-state index is -0.498. The summed E-state index contributed by atoms with van der Waals surface area (Å²) in [5.41, 5.74) is 1.19. The van der Waals surface area contributed by atoms with E-state index in [1.54, 1.807) is 36.4 Å². The summed E-state index contributed by atoms with van der Waals surface area (Å²) in [5, 5.41) is 12.2. The molecule has 30 heavy (non-hydrogen) atoms. The van der Waals surface area contributed by atoms with Crippen LogP contribution in [0.15, 0.2) is 46.4 Å². The Morgan fingerprint density at radius 2 is 1.80 bits per heavy atom. The molecule has 158 valence electrons. The second-order valence-corrected chi connectivity index (χ2v) is 7.05. The minimum Gasteiger partial charge on any atom is -0.494 e. The Labute approximate surface area is 185 Å². The lowest BCUT2D eigenvalue weighted by atomic mass is 10.1. The van der Waals surface area contributed by atoms with Crippen molar-refractivity contribution in [3.05, 3.63) is 52.0 Å². The van der Waals surface area contributed by atoms with Crippen molar-refractivity contribution >= 4 is 33.6 Å². The van der Waals surface area contributed by atoms with Gasteiger partial charge in [0.15, 0.2) is 11.5 Å². The molecule has 0 aliphatic carbocycles. The second-order valence-electron chi connectivity index (χ2n) is 6.19. The summed E-state index contributed by atoms with van der Waals surface area (Å²) in [7, 11) is 0. The zero-order chi connectivity index (χ0) is 21.9. The van der Waals surface area contributed by atoms with Gasteiger partial charge in [0.25, 0.3) is 5.91 Å². The van der Waals surface area contributed by atoms with Crippen molar-refractivity contribution in [2.45, 2.75) is 27.2 Å². The number of nitriles is 1. The molecule has 0 bridgehead atoms. The SMILES string of the molecule is CCCOc1c(Br)cc(/C=C(/C#N)C(=O)Nc2ccc(OCC)cc2)cc1OCC. The van der Waals surface area contributed by atoms with Gasteiger partial charge in [0, 0.05) is 5.69 Å². The standard InChI is InChI=1S/C23H25BrN2O4/c1-4-11-30-22-20(24)13-16(14-21(22)29-6-3)12-17(15-25)23(27)26-18-7-9-19(10-8-18)28-5-2/h7-10,12-14H,4-6,11H2,1-3H3,(H,26,27)/b17-12-. The third kappa shape index (κ3) is 6.53. The van der Waals surface area contributed by atoms with Gasteiger partial charge in [0.05, 0.1) is 24.3 Å². The highest BCUT2D eigenvalue weighted by Gasteiger charge is 2.14. The van der Waals surface area contributed by atoms with Crippen LogP contribution in [0.3, 0.4) is 0 Å². The molecule has 2 aromatic carbocycles. The summed E-state index contributed by atoms with van der Waals surface area (Å²) in [5.74, 6) is 1.37. The van der Waals surface area contributed by atoms with E-state index in [0.29, 0.717) is 52.8 Å². The van der Waals surface area contributed by atoms with E-state index >= 15 is 0 Å². The summed E-state index contributed by atoms with van der Waals surface area (Å²) >= 11 is 3.49. The number of nitrogens with one attached hydrogen (secondary N) is 1. The van der Waals surface area contributed by atoms with E-state index in [2.05, 4.69) is 21.2 Å². The first-order valence-electron chi connectivity index (χ1n) is 9.77. The third-order valence-corrected chi connectivity index (χ3v) is 4.47. The fourth-order valence-corrected chi connectivity index (χ4v) is 3.17. The van der Waals surface area contributed by atoms with Gasteiger partial charge in [-0.1, -0.05) is 6.92 Å². The van der Waals surface area contributed by atoms with Crippen LogP contribution in [0, 0.1) is 11.3 Å². The van der Waals surface area contributed by atoms with E-state index < -0.39 is 5.91 Å². The molecule has 0 unspecified atom stereocenters. The number of halogens is 1. The van der Waals surface area contributed by atoms with Crippen LogP contribution in [0.5, 0.6) is 17.2 Å². The molecule has 0 aromatic heterocycles. The summed E-state index contributed by atoms with van der Waals surface area (Å²) < 4.78 is 17.5. The predicted molar refractivity (Wildman–Crippen MR) is 121 cm³/mol. The van der Waals surface area contributed by atoms with Gasteiger partial charge < -0.3 is 19.5 Å². The van der Waals surface area contributed by atoms with Gasteiger partial charge in [-0.05, 0) is 84.2 Å². The lowest BCUT2D eigenvalue weighted by Gasteiger charge is -2.14. The zero-order valence-corrected chi connectivity index (χ0v) is 18.9. The number of benzene rings is 2. The Hall–Kier alpha value is -2.98. The molecule has 0 aliphatic heterocycles. The van der Waals surface area contributed by atoms with E-state index in [1.165, 1.54) is 6.08 Å². The molecule has 2 aromatic rings. The second kappa shape index (κ2) is 11.9. The lowest BCUT2D eigenvalue weighted by Crippen LogP contribution is -2.13. The average Bonchev–Trinajstić information content (AvgIpc) is 2.73. The molecule has 1 N–H and O–H groups in total. The Kier molecular flexibility index (Phi) is 9.23. The first kappa shape index (κ1) is 23.3. The van der Waals surface area contributed by atoms with E-state index in [4.69, 9.17) is 14.2 Å². The van der Waals surface area contributed by atoms with Crippen molar-refractivity contribution in [1.29, 1.82) is 5.26 Å². The van der Waals surface area contributed by atoms with Crippen molar-refractivity contribution < 1.29 is 19.0 Å². The molecule has 0 spiro atoms. The van der Waals surface area contributed by atoms with Gasteiger partial charge >= 0.3 is 0 Å². The van der Waals surface area contributed by atoms with Gasteiger partial charge in [-0.3, -0.25) is 4.79 Å². The highest BCUT2D eigenvalue weighted by molar-refractivity contribution is 9.10. The third-order valence-electron chi connectivity index (χ3n) is 3.88. The van der Waals surface area contributed by atoms with Crippen molar-refractivity contribution in [2.24, 2.45) is 0 Å². The molecule has 0 radical (unpaired) electrons. The molecule has 0 atom stereocenters. The van der Waals surface area contributed by atoms with Crippen molar-refractivity contribution in [3.8, 4) is 23.3 Å². The van der Waals surface area contributed by atoms with Crippen LogP contribution in [0.25, 0.3) is 6.08 Å². The number of anilines is 1. The number of nitrogens with zero attached hydrogens (tertiary/aromatic N) is 1. The number of hydrogen-bond donors (Lipinski definition) is 1. The smallest absolute Gasteiger partial charge is 0.266 e. The van der Waals surface area contributed by atoms with Crippen LogP contribution in [0.4, 0.5) is 5.69 Å². The molecular weight excluding hydrogens is 448 g/mol. The summed E-state index contributed by atoms with van der Waals surface area (Å²) in [6, 6.07) is 12.5. The molecule has 0 saturated heterocycles. The topological polar surface area (TPSA) is 80.6 Å². The number of rotatable bonds is 10. The van der Waals surface area contributed by atoms with E-state index in [1.807, 2.05) is 26.8 Å². The number of ether oxygens (including phenoxy) is 3. The van der Waals surface area contributed by atoms with Crippen LogP contribution in [-0.4, -0.2) is 25.7 Å². The maximum Gasteiger partial charge on any atom is 0.266 e. The highest BCUT2D eigenvalue weighted by atomic mass is 79.9. The number of carbonyl (C=O) groups excluding carboxylic acids is 1. The predicted octanol–water partition coefficient (Wildman–Crippen LogP) is 5.58. The molecule has 0 heterocycles. The van der Waals surface area contributed by atoms with E-state index in [0.717, 1.165) is 6.42 Å². The largest absolute Gasteiger partial charge is 0.494 e. The van der Waals surface area contributed by atoms with Crippen molar-refractivity contribution in [1.82, 2.24) is 0 Å². The molecule has 0 fully saturated rings. The van der Waals surface area contributed by atoms with Crippen LogP contribution in [-0.2, 0) is 4.79 Å². The molecule has 6 nitrogen and oxygen atoms in total. The molecule has 7 heteroatoms. The monoisotopic (exact) mass is 472 g/mol. The Morgan fingerprint density at radius 1 is 1.10 bits per heavy atom. The maximum atomic E-state index is 12.6. The minimum absolute atomic E-state index is 0.0274. The fourth-order valence-electron chi connectivity index (χ4n) is 2.59. The van der Waals surface area contributed by atoms with Crippen molar-refractivity contribution in [3.63, 3.8) is 0 Å². The normalized spacial score (nSPS) is 10.8. The van der Waals surface area contributed by atoms with Gasteiger partial charge in [-0.15, -0.1) is 0 Å². The summed E-state index contributed by atoms with van der Waals surface area (Å²) in [4.78, 5) is 12.6. The Morgan fingerprint density at radius 3 is 2.40 bits per heavy atom. The number of amides is 1. The molecule has 1 amide bonds. The first-order valence-corrected chi connectivity index (χ1v) is 10.6.